The Morgan fingerprint density at radius 2 is 2.11 bits per heavy atom. The summed E-state index contributed by atoms with van der Waals surface area (Å²) >= 11 is 1.46. The normalized spacial score (nSPS) is 11.4. The molecular weight excluding hydrogens is 368 g/mol. The average molecular weight is 382 g/mol. The van der Waals surface area contributed by atoms with E-state index in [9.17, 15) is 9.59 Å². The molecule has 0 saturated heterocycles. The molecule has 1 atom stereocenters. The number of carbonyl (C=O) groups excluding carboxylic acids is 2. The maximum atomic E-state index is 12.1. The third kappa shape index (κ3) is 4.74. The Morgan fingerprint density at radius 3 is 2.78 bits per heavy atom. The van der Waals surface area contributed by atoms with Gasteiger partial charge in [0.05, 0.1) is 16.5 Å². The zero-order valence-electron chi connectivity index (χ0n) is 14.2. The summed E-state index contributed by atoms with van der Waals surface area (Å²) in [5.41, 5.74) is 0.982. The molecule has 10 heteroatoms. The van der Waals surface area contributed by atoms with Gasteiger partial charge in [0.15, 0.2) is 12.6 Å². The van der Waals surface area contributed by atoms with Crippen molar-refractivity contribution in [2.75, 3.05) is 5.32 Å². The number of nitrogens with one attached hydrogen (secondary N) is 1. The molecule has 0 saturated carbocycles. The predicted molar refractivity (Wildman–Crippen MR) is 96.5 cm³/mol. The number of benzene rings is 1. The number of hydrogen-bond acceptors (Lipinski definition) is 8. The van der Waals surface area contributed by atoms with Crippen molar-refractivity contribution >= 4 is 28.9 Å². The van der Waals surface area contributed by atoms with E-state index in [-0.39, 0.29) is 6.54 Å². The number of carbonyl (C=O) groups is 2. The summed E-state index contributed by atoms with van der Waals surface area (Å²) in [4.78, 5) is 26.1. The Bertz CT molecular complexity index is 975. The number of nitrogens with zero attached hydrogens (tertiary/aromatic N) is 5. The molecule has 2 heterocycles. The van der Waals surface area contributed by atoms with Crippen LogP contribution in [0.3, 0.4) is 0 Å². The Labute approximate surface area is 158 Å². The summed E-state index contributed by atoms with van der Waals surface area (Å²) in [7, 11) is 0. The molecule has 0 aliphatic heterocycles. The molecule has 1 aromatic carbocycles. The molecular formula is C17H14N6O3S. The Balaban J connectivity index is 1.52. The van der Waals surface area contributed by atoms with Crippen LogP contribution in [-0.4, -0.2) is 38.2 Å². The monoisotopic (exact) mass is 382 g/mol. The minimum atomic E-state index is -1.01. The second-order valence-electron chi connectivity index (χ2n) is 5.43. The van der Waals surface area contributed by atoms with Crippen molar-refractivity contribution in [3.8, 4) is 16.8 Å². The smallest absolute Gasteiger partial charge is 0.330 e. The molecule has 0 spiro atoms. The molecule has 1 amide bonds. The maximum Gasteiger partial charge on any atom is 0.330 e. The van der Waals surface area contributed by atoms with Gasteiger partial charge in [0.1, 0.15) is 0 Å². The van der Waals surface area contributed by atoms with E-state index in [1.165, 1.54) is 18.3 Å². The van der Waals surface area contributed by atoms with Gasteiger partial charge < -0.3 is 10.1 Å². The lowest BCUT2D eigenvalue weighted by atomic mass is 10.2. The summed E-state index contributed by atoms with van der Waals surface area (Å²) in [5, 5.41) is 25.0. The fourth-order valence-electron chi connectivity index (χ4n) is 2.09. The molecule has 0 radical (unpaired) electrons. The number of nitriles is 1. The minimum absolute atomic E-state index is 0.257. The number of tetrazole rings is 1. The fraction of sp³-hybridized carbons (Fsp3) is 0.176. The van der Waals surface area contributed by atoms with Crippen molar-refractivity contribution in [1.29, 1.82) is 5.26 Å². The number of ether oxygens (including phenoxy) is 1. The average Bonchev–Trinajstić information content (AvgIpc) is 3.33. The number of hydrogen-bond donors (Lipinski definition) is 1. The van der Waals surface area contributed by atoms with Crippen molar-refractivity contribution in [2.24, 2.45) is 0 Å². The lowest BCUT2D eigenvalue weighted by Gasteiger charge is -2.13. The van der Waals surface area contributed by atoms with Crippen LogP contribution < -0.4 is 5.32 Å². The number of anilines is 1. The Morgan fingerprint density at radius 1 is 1.33 bits per heavy atom. The van der Waals surface area contributed by atoms with E-state index >= 15 is 0 Å². The van der Waals surface area contributed by atoms with Gasteiger partial charge in [-0.3, -0.25) is 4.79 Å². The van der Waals surface area contributed by atoms with Crippen LogP contribution in [0.4, 0.5) is 5.69 Å². The highest BCUT2D eigenvalue weighted by molar-refractivity contribution is 7.13. The molecule has 3 aromatic rings. The molecule has 0 aliphatic carbocycles. The molecule has 9 nitrogen and oxygen atoms in total. The van der Waals surface area contributed by atoms with Gasteiger partial charge in [-0.25, -0.2) is 4.79 Å². The molecule has 2 aromatic heterocycles. The summed E-state index contributed by atoms with van der Waals surface area (Å²) < 4.78 is 5.10. The standard InChI is InChI=1S/C17H14N6O3S/c1-11(17(25)19-13-6-4-12(9-18)5-7-13)26-15(24)10-23-21-16(20-22-23)14-3-2-8-27-14/h2-8,11H,10H2,1H3,(H,19,25)/t11-/m0/s1. The summed E-state index contributed by atoms with van der Waals surface area (Å²) in [6.45, 7) is 1.20. The van der Waals surface area contributed by atoms with Crippen LogP contribution >= 0.6 is 11.3 Å². The molecule has 136 valence electrons. The van der Waals surface area contributed by atoms with Crippen LogP contribution in [0.5, 0.6) is 0 Å². The molecule has 0 fully saturated rings. The minimum Gasteiger partial charge on any atom is -0.451 e. The van der Waals surface area contributed by atoms with Gasteiger partial charge in [-0.05, 0) is 47.8 Å². The van der Waals surface area contributed by atoms with Gasteiger partial charge in [-0.1, -0.05) is 6.07 Å². The first kappa shape index (κ1) is 18.2. The van der Waals surface area contributed by atoms with Crippen LogP contribution in [-0.2, 0) is 20.9 Å². The van der Waals surface area contributed by atoms with E-state index in [1.54, 1.807) is 24.3 Å². The van der Waals surface area contributed by atoms with Crippen LogP contribution in [0.15, 0.2) is 41.8 Å². The molecule has 0 bridgehead atoms. The summed E-state index contributed by atoms with van der Waals surface area (Å²) in [6, 6.07) is 12.0. The van der Waals surface area contributed by atoms with Crippen LogP contribution in [0.25, 0.3) is 10.7 Å². The first-order valence-corrected chi connectivity index (χ1v) is 8.75. The van der Waals surface area contributed by atoms with Gasteiger partial charge in [0.25, 0.3) is 5.91 Å². The SMILES string of the molecule is C[C@H](OC(=O)Cn1nnc(-c2cccs2)n1)C(=O)Nc1ccc(C#N)cc1. The number of amides is 1. The molecule has 0 aliphatic rings. The number of esters is 1. The highest BCUT2D eigenvalue weighted by Gasteiger charge is 2.19. The van der Waals surface area contributed by atoms with E-state index < -0.39 is 18.0 Å². The van der Waals surface area contributed by atoms with Crippen LogP contribution in [0, 0.1) is 11.3 Å². The van der Waals surface area contributed by atoms with Gasteiger partial charge in [-0.15, -0.1) is 21.5 Å². The first-order chi connectivity index (χ1) is 13.0. The Hall–Kier alpha value is -3.58. The number of thiophene rings is 1. The van der Waals surface area contributed by atoms with Crippen molar-refractivity contribution in [3.63, 3.8) is 0 Å². The van der Waals surface area contributed by atoms with Crippen molar-refractivity contribution in [3.05, 3.63) is 47.3 Å². The lowest BCUT2D eigenvalue weighted by molar-refractivity contribution is -0.154. The van der Waals surface area contributed by atoms with E-state index in [2.05, 4.69) is 20.7 Å². The van der Waals surface area contributed by atoms with E-state index in [1.807, 2.05) is 23.6 Å². The second kappa shape index (κ2) is 8.20. The fourth-order valence-corrected chi connectivity index (χ4v) is 2.74. The molecule has 27 heavy (non-hydrogen) atoms. The van der Waals surface area contributed by atoms with Crippen molar-refractivity contribution in [2.45, 2.75) is 19.6 Å². The second-order valence-corrected chi connectivity index (χ2v) is 6.38. The lowest BCUT2D eigenvalue weighted by Crippen LogP contribution is -2.31. The largest absolute Gasteiger partial charge is 0.451 e. The third-order valence-corrected chi connectivity index (χ3v) is 4.29. The zero-order valence-corrected chi connectivity index (χ0v) is 15.0. The van der Waals surface area contributed by atoms with E-state index in [4.69, 9.17) is 10.00 Å². The molecule has 1 N–H and O–H groups in total. The van der Waals surface area contributed by atoms with E-state index in [0.717, 1.165) is 9.67 Å². The van der Waals surface area contributed by atoms with Crippen molar-refractivity contribution in [1.82, 2.24) is 20.2 Å². The first-order valence-electron chi connectivity index (χ1n) is 7.87. The molecule has 3 rings (SSSR count). The van der Waals surface area contributed by atoms with E-state index in [0.29, 0.717) is 17.1 Å². The zero-order chi connectivity index (χ0) is 19.2. The topological polar surface area (TPSA) is 123 Å². The maximum absolute atomic E-state index is 12.1. The van der Waals surface area contributed by atoms with Gasteiger partial charge in [-0.2, -0.15) is 10.1 Å². The highest BCUT2D eigenvalue weighted by atomic mass is 32.1. The number of aromatic nitrogens is 4. The summed E-state index contributed by atoms with van der Waals surface area (Å²) in [5.74, 6) is -0.726. The van der Waals surface area contributed by atoms with Gasteiger partial charge >= 0.3 is 5.97 Å². The van der Waals surface area contributed by atoms with Crippen LogP contribution in [0.1, 0.15) is 12.5 Å². The third-order valence-electron chi connectivity index (χ3n) is 3.42. The van der Waals surface area contributed by atoms with Gasteiger partial charge in [0, 0.05) is 5.69 Å². The molecule has 0 unspecified atom stereocenters. The predicted octanol–water partition coefficient (Wildman–Crippen LogP) is 1.84. The number of rotatable bonds is 6. The van der Waals surface area contributed by atoms with Crippen molar-refractivity contribution < 1.29 is 14.3 Å². The quantitative estimate of drug-likeness (QED) is 0.645. The van der Waals surface area contributed by atoms with Gasteiger partial charge in [0.2, 0.25) is 5.82 Å². The van der Waals surface area contributed by atoms with Crippen LogP contribution in [0.2, 0.25) is 0 Å². The summed E-state index contributed by atoms with van der Waals surface area (Å²) in [6.07, 6.45) is -1.01. The highest BCUT2D eigenvalue weighted by Crippen LogP contribution is 2.19. The Kier molecular flexibility index (Phi) is 5.53.